The van der Waals surface area contributed by atoms with E-state index in [0.29, 0.717) is 28.3 Å². The zero-order valence-electron chi connectivity index (χ0n) is 18.9. The molecule has 0 aromatic heterocycles. The lowest BCUT2D eigenvalue weighted by Crippen LogP contribution is -2.48. The second-order valence-electron chi connectivity index (χ2n) is 7.91. The summed E-state index contributed by atoms with van der Waals surface area (Å²) in [4.78, 5) is 27.4. The van der Waals surface area contributed by atoms with Crippen molar-refractivity contribution < 1.29 is 14.3 Å². The molecule has 0 aliphatic rings. The van der Waals surface area contributed by atoms with Crippen molar-refractivity contribution in [1.29, 1.82) is 0 Å². The topological polar surface area (TPSA) is 58.6 Å². The molecule has 2 aromatic rings. The molecule has 0 spiro atoms. The third-order valence-electron chi connectivity index (χ3n) is 4.86. The first-order valence-electron chi connectivity index (χ1n) is 10.4. The number of halogens is 2. The van der Waals surface area contributed by atoms with Gasteiger partial charge in [0.05, 0.1) is 12.9 Å². The molecule has 8 heteroatoms. The Morgan fingerprint density at radius 3 is 2.38 bits per heavy atom. The Kier molecular flexibility index (Phi) is 10.7. The van der Waals surface area contributed by atoms with Crippen LogP contribution < -0.4 is 10.1 Å². The van der Waals surface area contributed by atoms with E-state index < -0.39 is 6.04 Å². The highest BCUT2D eigenvalue weighted by atomic mass is 35.5. The SMILES string of the molecule is COc1ccc(CSCC(=O)N(Cc2ccc(Cl)cc2Cl)C(C)C(=O)NCC(C)C)cc1. The van der Waals surface area contributed by atoms with Crippen LogP contribution in [0.2, 0.25) is 10.0 Å². The molecule has 1 unspecified atom stereocenters. The number of methoxy groups -OCH3 is 1. The lowest BCUT2D eigenvalue weighted by atomic mass is 10.1. The molecular weight excluding hydrogens is 467 g/mol. The van der Waals surface area contributed by atoms with Crippen LogP contribution in [0.3, 0.4) is 0 Å². The van der Waals surface area contributed by atoms with Crippen molar-refractivity contribution in [1.82, 2.24) is 10.2 Å². The lowest BCUT2D eigenvalue weighted by molar-refractivity contribution is -0.138. The minimum absolute atomic E-state index is 0.123. The quantitative estimate of drug-likeness (QED) is 0.450. The average Bonchev–Trinajstić information content (AvgIpc) is 2.76. The van der Waals surface area contributed by atoms with E-state index in [1.807, 2.05) is 38.1 Å². The highest BCUT2D eigenvalue weighted by molar-refractivity contribution is 7.99. The number of carbonyl (C=O) groups is 2. The normalized spacial score (nSPS) is 11.8. The fraction of sp³-hybridized carbons (Fsp3) is 0.417. The standard InChI is InChI=1S/C24H30Cl2N2O3S/c1-16(2)12-27-24(30)17(3)28(13-19-7-8-20(25)11-22(19)26)23(29)15-32-14-18-5-9-21(31-4)10-6-18/h5-11,16-17H,12-15H2,1-4H3,(H,27,30). The number of rotatable bonds is 11. The van der Waals surface area contributed by atoms with Gasteiger partial charge >= 0.3 is 0 Å². The molecule has 174 valence electrons. The van der Waals surface area contributed by atoms with E-state index in [4.69, 9.17) is 27.9 Å². The first kappa shape index (κ1) is 26.4. The van der Waals surface area contributed by atoms with Gasteiger partial charge in [-0.2, -0.15) is 0 Å². The second-order valence-corrected chi connectivity index (χ2v) is 9.74. The van der Waals surface area contributed by atoms with E-state index in [2.05, 4.69) is 5.32 Å². The Balaban J connectivity index is 2.08. The first-order chi connectivity index (χ1) is 15.2. The number of amides is 2. The summed E-state index contributed by atoms with van der Waals surface area (Å²) in [5, 5.41) is 3.90. The van der Waals surface area contributed by atoms with Crippen LogP contribution in [0.4, 0.5) is 0 Å². The number of nitrogens with one attached hydrogen (secondary N) is 1. The summed E-state index contributed by atoms with van der Waals surface area (Å²) in [5.74, 6) is 1.74. The number of thioether (sulfide) groups is 1. The Labute approximate surface area is 204 Å². The van der Waals surface area contributed by atoms with Crippen LogP contribution in [0.1, 0.15) is 31.9 Å². The zero-order valence-corrected chi connectivity index (χ0v) is 21.2. The molecule has 2 aromatic carbocycles. The minimum atomic E-state index is -0.630. The molecule has 0 aliphatic heterocycles. The Bertz CT molecular complexity index is 907. The van der Waals surface area contributed by atoms with Gasteiger partial charge in [0.2, 0.25) is 11.8 Å². The van der Waals surface area contributed by atoms with Crippen LogP contribution in [-0.4, -0.2) is 42.2 Å². The van der Waals surface area contributed by atoms with Gasteiger partial charge in [-0.1, -0.05) is 55.2 Å². The third kappa shape index (κ3) is 8.23. The summed E-state index contributed by atoms with van der Waals surface area (Å²) in [7, 11) is 1.63. The number of ether oxygens (including phenoxy) is 1. The van der Waals surface area contributed by atoms with Crippen molar-refractivity contribution in [3.8, 4) is 5.75 Å². The van der Waals surface area contributed by atoms with Gasteiger partial charge in [0, 0.05) is 28.9 Å². The summed E-state index contributed by atoms with van der Waals surface area (Å²) in [6.45, 7) is 6.58. The molecule has 1 atom stereocenters. The van der Waals surface area contributed by atoms with Crippen molar-refractivity contribution in [3.63, 3.8) is 0 Å². The van der Waals surface area contributed by atoms with E-state index in [9.17, 15) is 9.59 Å². The molecule has 2 rings (SSSR count). The molecule has 0 radical (unpaired) electrons. The maximum absolute atomic E-state index is 13.1. The summed E-state index contributed by atoms with van der Waals surface area (Å²) in [6, 6.07) is 12.3. The van der Waals surface area contributed by atoms with Gasteiger partial charge in [-0.3, -0.25) is 9.59 Å². The number of hydrogen-bond donors (Lipinski definition) is 1. The third-order valence-corrected chi connectivity index (χ3v) is 6.44. The van der Waals surface area contributed by atoms with Crippen molar-refractivity contribution in [3.05, 3.63) is 63.6 Å². The molecular formula is C24H30Cl2N2O3S. The van der Waals surface area contributed by atoms with Crippen LogP contribution in [0.25, 0.3) is 0 Å². The zero-order chi connectivity index (χ0) is 23.7. The Morgan fingerprint density at radius 2 is 1.78 bits per heavy atom. The molecule has 0 bridgehead atoms. The smallest absolute Gasteiger partial charge is 0.242 e. The largest absolute Gasteiger partial charge is 0.497 e. The average molecular weight is 497 g/mol. The van der Waals surface area contributed by atoms with E-state index in [-0.39, 0.29) is 24.1 Å². The van der Waals surface area contributed by atoms with Crippen LogP contribution in [-0.2, 0) is 21.9 Å². The molecule has 5 nitrogen and oxygen atoms in total. The van der Waals surface area contributed by atoms with E-state index in [1.165, 1.54) is 11.8 Å². The van der Waals surface area contributed by atoms with Gasteiger partial charge in [-0.05, 0) is 48.2 Å². The van der Waals surface area contributed by atoms with Crippen LogP contribution >= 0.6 is 35.0 Å². The summed E-state index contributed by atoms with van der Waals surface area (Å²) >= 11 is 13.8. The van der Waals surface area contributed by atoms with Gasteiger partial charge in [0.15, 0.2) is 0 Å². The molecule has 0 saturated heterocycles. The van der Waals surface area contributed by atoms with Crippen molar-refractivity contribution in [2.75, 3.05) is 19.4 Å². The molecule has 0 saturated carbocycles. The Morgan fingerprint density at radius 1 is 1.09 bits per heavy atom. The summed E-state index contributed by atoms with van der Waals surface area (Å²) < 4.78 is 5.18. The molecule has 32 heavy (non-hydrogen) atoms. The van der Waals surface area contributed by atoms with Crippen molar-refractivity contribution in [2.45, 2.75) is 39.1 Å². The second kappa shape index (κ2) is 13.0. The summed E-state index contributed by atoms with van der Waals surface area (Å²) in [5.41, 5.74) is 1.84. The van der Waals surface area contributed by atoms with Crippen LogP contribution in [0, 0.1) is 5.92 Å². The van der Waals surface area contributed by atoms with E-state index in [1.54, 1.807) is 37.1 Å². The van der Waals surface area contributed by atoms with Gasteiger partial charge < -0.3 is 15.0 Å². The monoisotopic (exact) mass is 496 g/mol. The molecule has 0 aliphatic carbocycles. The maximum atomic E-state index is 13.1. The van der Waals surface area contributed by atoms with Gasteiger partial charge in [-0.25, -0.2) is 0 Å². The van der Waals surface area contributed by atoms with Gasteiger partial charge in [0.1, 0.15) is 11.8 Å². The highest BCUT2D eigenvalue weighted by Gasteiger charge is 2.26. The Hall–Kier alpha value is -1.89. The lowest BCUT2D eigenvalue weighted by Gasteiger charge is -2.29. The minimum Gasteiger partial charge on any atom is -0.497 e. The number of carbonyl (C=O) groups excluding carboxylic acids is 2. The molecule has 1 N–H and O–H groups in total. The highest BCUT2D eigenvalue weighted by Crippen LogP contribution is 2.24. The van der Waals surface area contributed by atoms with Crippen molar-refractivity contribution >= 4 is 46.8 Å². The van der Waals surface area contributed by atoms with E-state index >= 15 is 0 Å². The predicted octanol–water partition coefficient (Wildman–Crippen LogP) is 5.42. The number of nitrogens with zero attached hydrogens (tertiary/aromatic N) is 1. The van der Waals surface area contributed by atoms with E-state index in [0.717, 1.165) is 16.9 Å². The molecule has 0 heterocycles. The van der Waals surface area contributed by atoms with Crippen LogP contribution in [0.15, 0.2) is 42.5 Å². The number of hydrogen-bond acceptors (Lipinski definition) is 4. The van der Waals surface area contributed by atoms with Gasteiger partial charge in [0.25, 0.3) is 0 Å². The predicted molar refractivity (Wildman–Crippen MR) is 133 cm³/mol. The molecule has 0 fully saturated rings. The maximum Gasteiger partial charge on any atom is 0.242 e. The molecule has 2 amide bonds. The summed E-state index contributed by atoms with van der Waals surface area (Å²) in [6.07, 6.45) is 0. The fourth-order valence-corrected chi connectivity index (χ4v) is 4.27. The number of benzene rings is 2. The van der Waals surface area contributed by atoms with Gasteiger partial charge in [-0.15, -0.1) is 11.8 Å². The first-order valence-corrected chi connectivity index (χ1v) is 12.3. The fourth-order valence-electron chi connectivity index (χ4n) is 2.93. The van der Waals surface area contributed by atoms with Crippen molar-refractivity contribution in [2.24, 2.45) is 5.92 Å². The van der Waals surface area contributed by atoms with Crippen LogP contribution in [0.5, 0.6) is 5.75 Å².